The average Bonchev–Trinajstić information content (AvgIpc) is 3.16. The second kappa shape index (κ2) is 13.9. The van der Waals surface area contributed by atoms with Crippen LogP contribution in [0.5, 0.6) is 0 Å². The molecule has 0 saturated carbocycles. The summed E-state index contributed by atoms with van der Waals surface area (Å²) in [6, 6.07) is 64.7. The minimum atomic E-state index is -4.68. The van der Waals surface area contributed by atoms with Crippen molar-refractivity contribution in [3.05, 3.63) is 188 Å². The van der Waals surface area contributed by atoms with E-state index < -0.39 is 23.4 Å². The minimum Gasteiger partial charge on any atom is -0.321 e. The second-order valence-electron chi connectivity index (χ2n) is 12.1. The van der Waals surface area contributed by atoms with Gasteiger partial charge in [-0.25, -0.2) is 0 Å². The molecule has 0 aliphatic carbocycles. The van der Waals surface area contributed by atoms with Crippen LogP contribution < -0.4 is 37.1 Å². The van der Waals surface area contributed by atoms with Gasteiger partial charge in [-0.05, 0) is 86.4 Å². The maximum absolute atomic E-state index is 13.4. The smallest absolute Gasteiger partial charge is 0.321 e. The van der Waals surface area contributed by atoms with Crippen molar-refractivity contribution in [3.63, 3.8) is 0 Å². The number of rotatable bonds is 8. The van der Waals surface area contributed by atoms with E-state index in [0.29, 0.717) is 5.39 Å². The van der Waals surface area contributed by atoms with Crippen LogP contribution in [-0.2, 0) is 4.57 Å². The van der Waals surface area contributed by atoms with Gasteiger partial charge in [0, 0.05) is 0 Å². The highest BCUT2D eigenvalue weighted by Gasteiger charge is 2.31. The van der Waals surface area contributed by atoms with E-state index in [-0.39, 0.29) is 5.30 Å². The third-order valence-corrected chi connectivity index (χ3v) is 15.0. The summed E-state index contributed by atoms with van der Waals surface area (Å²) in [6.07, 6.45) is 0. The van der Waals surface area contributed by atoms with Gasteiger partial charge in [0.2, 0.25) is 0 Å². The van der Waals surface area contributed by atoms with Crippen LogP contribution in [-0.4, -0.2) is 9.79 Å². The molecule has 0 fully saturated rings. The normalized spacial score (nSPS) is 11.8. The predicted molar refractivity (Wildman–Crippen MR) is 216 cm³/mol. The summed E-state index contributed by atoms with van der Waals surface area (Å²) in [5.41, 5.74) is 2.12. The minimum absolute atomic E-state index is 0.0568. The maximum atomic E-state index is 13.4. The molecule has 0 bridgehead atoms. The van der Waals surface area contributed by atoms with Crippen molar-refractivity contribution in [1.82, 2.24) is 0 Å². The van der Waals surface area contributed by atoms with Crippen molar-refractivity contribution in [3.8, 4) is 11.1 Å². The first-order valence-corrected chi connectivity index (χ1v) is 20.7. The molecule has 0 saturated heterocycles. The average molecular weight is 703 g/mol. The first-order valence-electron chi connectivity index (χ1n) is 16.4. The van der Waals surface area contributed by atoms with E-state index in [1.54, 1.807) is 0 Å². The lowest BCUT2D eigenvalue weighted by molar-refractivity contribution is 0.388. The quantitative estimate of drug-likeness (QED) is 0.158. The summed E-state index contributed by atoms with van der Waals surface area (Å²) in [7, 11) is -6.98. The van der Waals surface area contributed by atoms with Crippen molar-refractivity contribution in [1.29, 1.82) is 0 Å². The number of hydrogen-bond donors (Lipinski definition) is 2. The van der Waals surface area contributed by atoms with Crippen molar-refractivity contribution >= 4 is 82.1 Å². The van der Waals surface area contributed by atoms with Crippen molar-refractivity contribution in [2.75, 3.05) is 0 Å². The van der Waals surface area contributed by atoms with Gasteiger partial charge < -0.3 is 9.79 Å². The monoisotopic (exact) mass is 702 g/mol. The molecule has 0 aliphatic rings. The van der Waals surface area contributed by atoms with Crippen molar-refractivity contribution < 1.29 is 14.4 Å². The molecule has 0 spiro atoms. The zero-order valence-corrected chi connectivity index (χ0v) is 29.7. The summed E-state index contributed by atoms with van der Waals surface area (Å²) < 4.78 is 13.4. The molecule has 50 heavy (non-hydrogen) atoms. The largest absolute Gasteiger partial charge is 0.356 e. The molecule has 0 aliphatic heterocycles. The summed E-state index contributed by atoms with van der Waals surface area (Å²) >= 11 is 0. The Hall–Kier alpha value is -4.71. The van der Waals surface area contributed by atoms with E-state index in [0.717, 1.165) is 43.2 Å². The molecule has 0 atom stereocenters. The van der Waals surface area contributed by atoms with Crippen molar-refractivity contribution in [2.45, 2.75) is 0 Å². The molecule has 0 radical (unpaired) electrons. The molecule has 0 heterocycles. The molecule has 6 heteroatoms. The zero-order chi connectivity index (χ0) is 34.1. The molecular formula is C44H33O3P3. The van der Waals surface area contributed by atoms with Gasteiger partial charge in [0.1, 0.15) is 0 Å². The lowest BCUT2D eigenvalue weighted by atomic mass is 9.93. The summed E-state index contributed by atoms with van der Waals surface area (Å²) in [6.45, 7) is 0. The predicted octanol–water partition coefficient (Wildman–Crippen LogP) is 7.98. The van der Waals surface area contributed by atoms with E-state index in [4.69, 9.17) is 0 Å². The Morgan fingerprint density at radius 3 is 1.24 bits per heavy atom. The highest BCUT2D eigenvalue weighted by molar-refractivity contribution is 7.81. The van der Waals surface area contributed by atoms with Gasteiger partial charge in [0.05, 0.1) is 5.30 Å². The Morgan fingerprint density at radius 1 is 0.380 bits per heavy atom. The highest BCUT2D eigenvalue weighted by Crippen LogP contribution is 2.47. The van der Waals surface area contributed by atoms with Crippen LogP contribution in [0, 0.1) is 0 Å². The van der Waals surface area contributed by atoms with Gasteiger partial charge >= 0.3 is 7.60 Å². The Morgan fingerprint density at radius 2 is 0.760 bits per heavy atom. The molecule has 0 aromatic heterocycles. The number of hydrogen-bond acceptors (Lipinski definition) is 1. The fourth-order valence-electron chi connectivity index (χ4n) is 6.89. The lowest BCUT2D eigenvalue weighted by Crippen LogP contribution is -2.28. The van der Waals surface area contributed by atoms with Gasteiger partial charge in [0.25, 0.3) is 0 Å². The van der Waals surface area contributed by atoms with E-state index in [2.05, 4.69) is 121 Å². The fraction of sp³-hybridized carbons (Fsp3) is 0. The molecule has 0 amide bonds. The molecule has 8 aromatic carbocycles. The molecular weight excluding hydrogens is 669 g/mol. The van der Waals surface area contributed by atoms with E-state index in [9.17, 15) is 14.4 Å². The molecule has 2 N–H and O–H groups in total. The Balaban J connectivity index is 1.58. The Labute approximate surface area is 294 Å². The third-order valence-electron chi connectivity index (χ3n) is 9.01. The maximum Gasteiger partial charge on any atom is 0.356 e. The van der Waals surface area contributed by atoms with Crippen LogP contribution in [0.25, 0.3) is 32.7 Å². The molecule has 8 rings (SSSR count). The van der Waals surface area contributed by atoms with Gasteiger partial charge in [0.15, 0.2) is 0 Å². The number of benzene rings is 8. The Kier molecular flexibility index (Phi) is 9.03. The number of fused-ring (bicyclic) bond motifs is 2. The van der Waals surface area contributed by atoms with E-state index in [1.807, 2.05) is 66.7 Å². The van der Waals surface area contributed by atoms with Gasteiger partial charge in [-0.2, -0.15) is 0 Å². The van der Waals surface area contributed by atoms with Gasteiger partial charge in [-0.1, -0.05) is 182 Å². The van der Waals surface area contributed by atoms with Crippen LogP contribution in [0.2, 0.25) is 0 Å². The topological polar surface area (TPSA) is 57.5 Å². The van der Waals surface area contributed by atoms with Gasteiger partial charge in [-0.3, -0.25) is 4.57 Å². The Bertz CT molecular complexity index is 2400. The summed E-state index contributed by atoms with van der Waals surface area (Å²) in [5, 5.41) is 10.5. The van der Waals surface area contributed by atoms with Crippen LogP contribution in [0.4, 0.5) is 0 Å². The molecule has 3 nitrogen and oxygen atoms in total. The molecule has 242 valence electrons. The van der Waals surface area contributed by atoms with Crippen LogP contribution in [0.3, 0.4) is 0 Å². The van der Waals surface area contributed by atoms with Crippen molar-refractivity contribution in [2.24, 2.45) is 0 Å². The molecule has 0 unspecified atom stereocenters. The third kappa shape index (κ3) is 6.14. The summed E-state index contributed by atoms with van der Waals surface area (Å²) in [5.74, 6) is 0. The molecule has 8 aromatic rings. The zero-order valence-electron chi connectivity index (χ0n) is 27.0. The lowest BCUT2D eigenvalue weighted by Gasteiger charge is -2.29. The first-order chi connectivity index (χ1) is 24.5. The van der Waals surface area contributed by atoms with Crippen LogP contribution in [0.1, 0.15) is 0 Å². The summed E-state index contributed by atoms with van der Waals surface area (Å²) in [4.78, 5) is 21.9. The standard InChI is InChI=1S/C44H33O3P3/c45-50(46,47)42-31-41(49(35-22-9-3-10-23-35)36-24-11-4-12-25-36)44(39-28-16-15-27-38(39)42)43-37-26-14-13-17-32(37)29-30-40(43)48(33-18-5-1-6-19-33)34-20-7-2-8-21-34/h1-31H,(H2,45,46,47). The van der Waals surface area contributed by atoms with Crippen LogP contribution >= 0.6 is 23.4 Å². The second-order valence-corrected chi connectivity index (χ2v) is 18.0. The fourth-order valence-corrected chi connectivity index (χ4v) is 12.8. The van der Waals surface area contributed by atoms with E-state index in [1.165, 1.54) is 15.9 Å². The van der Waals surface area contributed by atoms with Gasteiger partial charge in [-0.15, -0.1) is 0 Å². The van der Waals surface area contributed by atoms with E-state index >= 15 is 0 Å². The first kappa shape index (κ1) is 32.5. The van der Waals surface area contributed by atoms with Crippen LogP contribution in [0.15, 0.2) is 188 Å². The SMILES string of the molecule is O=P(O)(O)c1cc(P(c2ccccc2)c2ccccc2)c(-c2c(P(c3ccccc3)c3ccccc3)ccc3ccccc23)c2ccccc12. The highest BCUT2D eigenvalue weighted by atomic mass is 31.2.